The van der Waals surface area contributed by atoms with Crippen LogP contribution in [0, 0.1) is 11.7 Å². The summed E-state index contributed by atoms with van der Waals surface area (Å²) in [4.78, 5) is 22.8. The molecule has 1 amide bonds. The molecule has 0 saturated heterocycles. The van der Waals surface area contributed by atoms with E-state index in [1.807, 2.05) is 6.92 Å². The number of carbonyl (C=O) groups excluding carboxylic acids is 1. The lowest BCUT2D eigenvalue weighted by atomic mass is 9.99. The summed E-state index contributed by atoms with van der Waals surface area (Å²) in [5.74, 6) is -2.79. The second kappa shape index (κ2) is 6.29. The number of para-hydroxylation sites is 1. The maximum Gasteiger partial charge on any atom is 0.337 e. The van der Waals surface area contributed by atoms with Gasteiger partial charge < -0.3 is 16.2 Å². The molecule has 6 heteroatoms. The second-order valence-corrected chi connectivity index (χ2v) is 4.37. The third-order valence-corrected chi connectivity index (χ3v) is 3.05. The average Bonchev–Trinajstić information content (AvgIpc) is 2.38. The molecular weight excluding hydrogens is 251 g/mol. The van der Waals surface area contributed by atoms with Gasteiger partial charge in [-0.15, -0.1) is 0 Å². The van der Waals surface area contributed by atoms with Gasteiger partial charge in [-0.05, 0) is 18.1 Å². The van der Waals surface area contributed by atoms with E-state index in [0.717, 1.165) is 6.07 Å². The third-order valence-electron chi connectivity index (χ3n) is 3.05. The average molecular weight is 268 g/mol. The first kappa shape index (κ1) is 15.1. The number of halogens is 1. The Morgan fingerprint density at radius 3 is 2.63 bits per heavy atom. The van der Waals surface area contributed by atoms with Crippen molar-refractivity contribution in [3.8, 4) is 0 Å². The van der Waals surface area contributed by atoms with Gasteiger partial charge >= 0.3 is 5.97 Å². The molecule has 4 N–H and O–H groups in total. The van der Waals surface area contributed by atoms with E-state index < -0.39 is 23.7 Å². The van der Waals surface area contributed by atoms with E-state index in [-0.39, 0.29) is 17.2 Å². The quantitative estimate of drug-likeness (QED) is 0.759. The highest BCUT2D eigenvalue weighted by molar-refractivity contribution is 6.02. The SMILES string of the molecule is CC[C@H](C)[C@H](N)C(=O)Nc1c(F)cccc1C(=O)O. The number of hydrogen-bond acceptors (Lipinski definition) is 3. The van der Waals surface area contributed by atoms with Crippen LogP contribution in [0.25, 0.3) is 0 Å². The molecule has 5 nitrogen and oxygen atoms in total. The van der Waals surface area contributed by atoms with Gasteiger partial charge in [-0.1, -0.05) is 26.3 Å². The Hall–Kier alpha value is -1.95. The minimum atomic E-state index is -1.31. The fourth-order valence-corrected chi connectivity index (χ4v) is 1.55. The molecule has 19 heavy (non-hydrogen) atoms. The lowest BCUT2D eigenvalue weighted by molar-refractivity contribution is -0.118. The van der Waals surface area contributed by atoms with Gasteiger partial charge in [-0.25, -0.2) is 9.18 Å². The molecule has 0 spiro atoms. The van der Waals surface area contributed by atoms with Crippen molar-refractivity contribution in [2.45, 2.75) is 26.3 Å². The lowest BCUT2D eigenvalue weighted by Gasteiger charge is -2.18. The van der Waals surface area contributed by atoms with E-state index >= 15 is 0 Å². The van der Waals surface area contributed by atoms with Crippen LogP contribution in [0.5, 0.6) is 0 Å². The van der Waals surface area contributed by atoms with Gasteiger partial charge in [-0.2, -0.15) is 0 Å². The molecule has 2 atom stereocenters. The maximum atomic E-state index is 13.6. The summed E-state index contributed by atoms with van der Waals surface area (Å²) in [6, 6.07) is 2.75. The van der Waals surface area contributed by atoms with Crippen molar-refractivity contribution in [3.63, 3.8) is 0 Å². The molecule has 0 unspecified atom stereocenters. The maximum absolute atomic E-state index is 13.6. The normalized spacial score (nSPS) is 13.7. The molecular formula is C13H17FN2O3. The van der Waals surface area contributed by atoms with Crippen molar-refractivity contribution in [2.24, 2.45) is 11.7 Å². The second-order valence-electron chi connectivity index (χ2n) is 4.37. The van der Waals surface area contributed by atoms with Crippen LogP contribution >= 0.6 is 0 Å². The van der Waals surface area contributed by atoms with Crippen molar-refractivity contribution in [1.29, 1.82) is 0 Å². The van der Waals surface area contributed by atoms with Crippen molar-refractivity contribution in [2.75, 3.05) is 5.32 Å². The first-order chi connectivity index (χ1) is 8.88. The van der Waals surface area contributed by atoms with Gasteiger partial charge in [0.25, 0.3) is 0 Å². The van der Waals surface area contributed by atoms with E-state index in [4.69, 9.17) is 10.8 Å². The number of nitrogens with one attached hydrogen (secondary N) is 1. The Labute approximate surface area is 110 Å². The van der Waals surface area contributed by atoms with Gasteiger partial charge in [0.2, 0.25) is 5.91 Å². The molecule has 1 aromatic rings. The smallest absolute Gasteiger partial charge is 0.337 e. The number of rotatable bonds is 5. The zero-order valence-corrected chi connectivity index (χ0v) is 10.8. The Morgan fingerprint density at radius 1 is 1.47 bits per heavy atom. The van der Waals surface area contributed by atoms with E-state index in [9.17, 15) is 14.0 Å². The molecule has 0 aliphatic carbocycles. The minimum Gasteiger partial charge on any atom is -0.478 e. The molecule has 0 aromatic heterocycles. The lowest BCUT2D eigenvalue weighted by Crippen LogP contribution is -2.41. The largest absolute Gasteiger partial charge is 0.478 e. The molecule has 0 radical (unpaired) electrons. The van der Waals surface area contributed by atoms with Crippen LogP contribution in [-0.2, 0) is 4.79 Å². The fraction of sp³-hybridized carbons (Fsp3) is 0.385. The Morgan fingerprint density at radius 2 is 2.11 bits per heavy atom. The highest BCUT2D eigenvalue weighted by atomic mass is 19.1. The molecule has 1 rings (SSSR count). The summed E-state index contributed by atoms with van der Waals surface area (Å²) < 4.78 is 13.6. The van der Waals surface area contributed by atoms with Crippen LogP contribution in [0.2, 0.25) is 0 Å². The molecule has 1 aromatic carbocycles. The highest BCUT2D eigenvalue weighted by Crippen LogP contribution is 2.20. The van der Waals surface area contributed by atoms with Crippen LogP contribution in [0.15, 0.2) is 18.2 Å². The molecule has 0 bridgehead atoms. The number of amides is 1. The van der Waals surface area contributed by atoms with Gasteiger partial charge in [0, 0.05) is 0 Å². The Balaban J connectivity index is 2.99. The molecule has 0 aliphatic rings. The van der Waals surface area contributed by atoms with Crippen LogP contribution in [0.3, 0.4) is 0 Å². The van der Waals surface area contributed by atoms with Crippen LogP contribution < -0.4 is 11.1 Å². The van der Waals surface area contributed by atoms with Crippen molar-refractivity contribution in [3.05, 3.63) is 29.6 Å². The van der Waals surface area contributed by atoms with Gasteiger partial charge in [0.15, 0.2) is 0 Å². The van der Waals surface area contributed by atoms with Crippen LogP contribution in [0.4, 0.5) is 10.1 Å². The van der Waals surface area contributed by atoms with E-state index in [0.29, 0.717) is 6.42 Å². The van der Waals surface area contributed by atoms with Crippen LogP contribution in [0.1, 0.15) is 30.6 Å². The summed E-state index contributed by atoms with van der Waals surface area (Å²) in [6.45, 7) is 3.67. The molecule has 0 aliphatic heterocycles. The number of benzene rings is 1. The third kappa shape index (κ3) is 3.51. The summed E-state index contributed by atoms with van der Waals surface area (Å²) in [5, 5.41) is 11.2. The van der Waals surface area contributed by atoms with Crippen molar-refractivity contribution >= 4 is 17.6 Å². The topological polar surface area (TPSA) is 92.4 Å². The number of hydrogen-bond donors (Lipinski definition) is 3. The number of nitrogens with two attached hydrogens (primary N) is 1. The molecule has 0 saturated carbocycles. The number of aromatic carboxylic acids is 1. The van der Waals surface area contributed by atoms with E-state index in [1.54, 1.807) is 6.92 Å². The predicted octanol–water partition coefficient (Wildman–Crippen LogP) is 1.84. The monoisotopic (exact) mass is 268 g/mol. The standard InChI is InChI=1S/C13H17FN2O3/c1-3-7(2)10(15)12(17)16-11-8(13(18)19)5-4-6-9(11)14/h4-7,10H,3,15H2,1-2H3,(H,16,17)(H,18,19)/t7-,10-/m0/s1. The molecule has 104 valence electrons. The minimum absolute atomic E-state index is 0.0833. The zero-order valence-electron chi connectivity index (χ0n) is 10.8. The van der Waals surface area contributed by atoms with Gasteiger partial charge in [-0.3, -0.25) is 4.79 Å². The fourth-order valence-electron chi connectivity index (χ4n) is 1.55. The molecule has 0 fully saturated rings. The number of carboxylic acids is 1. The molecule has 0 heterocycles. The summed E-state index contributed by atoms with van der Waals surface area (Å²) in [6.07, 6.45) is 0.692. The van der Waals surface area contributed by atoms with E-state index in [2.05, 4.69) is 5.32 Å². The van der Waals surface area contributed by atoms with Crippen LogP contribution in [-0.4, -0.2) is 23.0 Å². The number of carboxylic acid groups (broad SMARTS) is 1. The zero-order chi connectivity index (χ0) is 14.6. The first-order valence-corrected chi connectivity index (χ1v) is 5.96. The summed E-state index contributed by atoms with van der Waals surface area (Å²) in [5.41, 5.74) is 5.06. The number of carbonyl (C=O) groups is 2. The predicted molar refractivity (Wildman–Crippen MR) is 69.4 cm³/mol. The Bertz CT molecular complexity index is 491. The highest BCUT2D eigenvalue weighted by Gasteiger charge is 2.23. The summed E-state index contributed by atoms with van der Waals surface area (Å²) >= 11 is 0. The van der Waals surface area contributed by atoms with Crippen molar-refractivity contribution < 1.29 is 19.1 Å². The van der Waals surface area contributed by atoms with Gasteiger partial charge in [0.05, 0.1) is 17.3 Å². The summed E-state index contributed by atoms with van der Waals surface area (Å²) in [7, 11) is 0. The van der Waals surface area contributed by atoms with Crippen molar-refractivity contribution in [1.82, 2.24) is 0 Å². The first-order valence-electron chi connectivity index (χ1n) is 5.96. The van der Waals surface area contributed by atoms with E-state index in [1.165, 1.54) is 12.1 Å². The Kier molecular flexibility index (Phi) is 5.00. The number of anilines is 1. The van der Waals surface area contributed by atoms with Gasteiger partial charge in [0.1, 0.15) is 5.82 Å².